The molecule has 2 fully saturated rings. The number of nitrogens with zero attached hydrogens (tertiary/aromatic N) is 4. The molecule has 41 heavy (non-hydrogen) atoms. The average Bonchev–Trinajstić information content (AvgIpc) is 3.74. The summed E-state index contributed by atoms with van der Waals surface area (Å²) in [4.78, 5) is 38.4. The minimum Gasteiger partial charge on any atom is -0.483 e. The van der Waals surface area contributed by atoms with Crippen molar-refractivity contribution in [3.8, 4) is 0 Å². The summed E-state index contributed by atoms with van der Waals surface area (Å²) in [5.41, 5.74) is -1.27. The number of carbonyl (C=O) groups is 3. The zero-order valence-electron chi connectivity index (χ0n) is 22.7. The van der Waals surface area contributed by atoms with Gasteiger partial charge in [0.15, 0.2) is 0 Å². The molecule has 10 nitrogen and oxygen atoms in total. The van der Waals surface area contributed by atoms with Crippen LogP contribution < -0.4 is 10.6 Å². The van der Waals surface area contributed by atoms with Gasteiger partial charge in [0, 0.05) is 56.0 Å². The third-order valence-electron chi connectivity index (χ3n) is 7.78. The van der Waals surface area contributed by atoms with Crippen LogP contribution in [-0.2, 0) is 20.8 Å². The van der Waals surface area contributed by atoms with Crippen LogP contribution in [0.1, 0.15) is 47.2 Å². The van der Waals surface area contributed by atoms with Crippen LogP contribution in [0.2, 0.25) is 0 Å². The lowest BCUT2D eigenvalue weighted by Gasteiger charge is -2.43. The summed E-state index contributed by atoms with van der Waals surface area (Å²) in [5, 5.41) is 19.3. The van der Waals surface area contributed by atoms with E-state index < -0.39 is 17.4 Å². The molecule has 1 saturated carbocycles. The molecule has 1 saturated heterocycles. The minimum absolute atomic E-state index is 0.0362. The van der Waals surface area contributed by atoms with Crippen LogP contribution in [0.15, 0.2) is 58.8 Å². The van der Waals surface area contributed by atoms with Crippen LogP contribution >= 0.6 is 0 Å². The van der Waals surface area contributed by atoms with Crippen LogP contribution in [0.4, 0.5) is 18.9 Å². The zero-order valence-corrected chi connectivity index (χ0v) is 22.7. The molecule has 0 bridgehead atoms. The predicted octanol–water partition coefficient (Wildman–Crippen LogP) is 3.95. The first-order valence-corrected chi connectivity index (χ1v) is 13.3. The van der Waals surface area contributed by atoms with E-state index >= 15 is 0 Å². The second kappa shape index (κ2) is 12.4. The number of piperazine rings is 1. The second-order valence-electron chi connectivity index (χ2n) is 10.5. The highest BCUT2D eigenvalue weighted by atomic mass is 19.4. The fourth-order valence-corrected chi connectivity index (χ4v) is 5.03. The molecule has 2 amide bonds. The molecule has 3 aliphatic rings. The third-order valence-corrected chi connectivity index (χ3v) is 7.78. The lowest BCUT2D eigenvalue weighted by atomic mass is 9.71. The molecule has 2 aromatic rings. The van der Waals surface area contributed by atoms with Gasteiger partial charge in [-0.3, -0.25) is 14.4 Å². The van der Waals surface area contributed by atoms with Crippen molar-refractivity contribution >= 4 is 24.0 Å². The Balaban J connectivity index is 0.00000124. The number of carbonyl (C=O) groups excluding carboxylic acids is 2. The fraction of sp³-hybridized carbons (Fsp3) is 0.464. The standard InChI is InChI=1S/C27H31F3N6O2.CH2O2/c1-35-15-17-36(18-16-35)14-11-23(37)31-22-9-7-20(8-10-22)25(12-2-13-25)32-24(38)19-3-5-21(6-4-19)26(33-34-26)27(28,29)30;2-1-3/h3-10H,2,11-18H2,1H3,(H,31,37)(H,32,38);1H,(H,2,3). The molecule has 2 heterocycles. The first kappa shape index (κ1) is 30.1. The normalized spacial score (nSPS) is 19.2. The van der Waals surface area contributed by atoms with Crippen molar-refractivity contribution in [3.05, 3.63) is 65.2 Å². The van der Waals surface area contributed by atoms with Gasteiger partial charge in [-0.1, -0.05) is 24.3 Å². The molecular weight excluding hydrogens is 541 g/mol. The lowest BCUT2D eigenvalue weighted by molar-refractivity contribution is -0.166. The highest BCUT2D eigenvalue weighted by Gasteiger charge is 2.65. The fourth-order valence-electron chi connectivity index (χ4n) is 5.03. The maximum Gasteiger partial charge on any atom is 0.442 e. The van der Waals surface area contributed by atoms with E-state index in [1.165, 1.54) is 24.3 Å². The van der Waals surface area contributed by atoms with Gasteiger partial charge in [0.05, 0.1) is 5.54 Å². The molecule has 2 aromatic carbocycles. The number of rotatable bonds is 8. The lowest BCUT2D eigenvalue weighted by Crippen LogP contribution is -2.50. The molecule has 220 valence electrons. The molecule has 0 atom stereocenters. The molecule has 0 spiro atoms. The van der Waals surface area contributed by atoms with Crippen LogP contribution in [0.25, 0.3) is 0 Å². The number of halogens is 3. The molecule has 2 aliphatic heterocycles. The largest absolute Gasteiger partial charge is 0.483 e. The number of hydrogen-bond donors (Lipinski definition) is 3. The Bertz CT molecular complexity index is 1250. The molecular formula is C28H33F3N6O4. The summed E-state index contributed by atoms with van der Waals surface area (Å²) in [6.45, 7) is 4.44. The van der Waals surface area contributed by atoms with Gasteiger partial charge in [-0.15, -0.1) is 10.2 Å². The van der Waals surface area contributed by atoms with Crippen molar-refractivity contribution in [2.24, 2.45) is 10.2 Å². The summed E-state index contributed by atoms with van der Waals surface area (Å²) in [6.07, 6.45) is -1.73. The van der Waals surface area contributed by atoms with Crippen LogP contribution in [0, 0.1) is 0 Å². The highest BCUT2D eigenvalue weighted by Crippen LogP contribution is 2.52. The Morgan fingerprint density at radius 2 is 1.54 bits per heavy atom. The van der Waals surface area contributed by atoms with Gasteiger partial charge in [0.1, 0.15) is 0 Å². The number of carboxylic acid groups (broad SMARTS) is 1. The van der Waals surface area contributed by atoms with E-state index in [0.29, 0.717) is 12.1 Å². The van der Waals surface area contributed by atoms with Gasteiger partial charge in [-0.05, 0) is 56.1 Å². The first-order valence-electron chi connectivity index (χ1n) is 13.3. The van der Waals surface area contributed by atoms with E-state index in [0.717, 1.165) is 57.5 Å². The number of likely N-dealkylation sites (N-methyl/N-ethyl adjacent to an activating group) is 1. The molecule has 0 unspecified atom stereocenters. The summed E-state index contributed by atoms with van der Waals surface area (Å²) in [7, 11) is 2.10. The van der Waals surface area contributed by atoms with Gasteiger partial charge in [-0.25, -0.2) is 0 Å². The Hall–Kier alpha value is -3.84. The van der Waals surface area contributed by atoms with E-state index in [2.05, 4.69) is 37.7 Å². The summed E-state index contributed by atoms with van der Waals surface area (Å²) < 4.78 is 39.7. The molecule has 0 aromatic heterocycles. The molecule has 13 heteroatoms. The van der Waals surface area contributed by atoms with Crippen LogP contribution in [0.3, 0.4) is 0 Å². The monoisotopic (exact) mass is 574 g/mol. The van der Waals surface area contributed by atoms with E-state index in [-0.39, 0.29) is 29.4 Å². The van der Waals surface area contributed by atoms with Crippen LogP contribution in [0.5, 0.6) is 0 Å². The highest BCUT2D eigenvalue weighted by molar-refractivity contribution is 5.95. The van der Waals surface area contributed by atoms with E-state index in [4.69, 9.17) is 9.90 Å². The summed E-state index contributed by atoms with van der Waals surface area (Å²) >= 11 is 0. The molecule has 5 rings (SSSR count). The number of hydrogen-bond acceptors (Lipinski definition) is 7. The maximum absolute atomic E-state index is 13.2. The topological polar surface area (TPSA) is 127 Å². The zero-order chi connectivity index (χ0) is 29.7. The van der Waals surface area contributed by atoms with Gasteiger partial charge < -0.3 is 25.5 Å². The van der Waals surface area contributed by atoms with Crippen molar-refractivity contribution in [2.75, 3.05) is 45.1 Å². The Kier molecular flexibility index (Phi) is 9.08. The van der Waals surface area contributed by atoms with Gasteiger partial charge >= 0.3 is 11.8 Å². The van der Waals surface area contributed by atoms with E-state index in [1.54, 1.807) is 0 Å². The number of nitrogens with one attached hydrogen (secondary N) is 2. The van der Waals surface area contributed by atoms with Gasteiger partial charge in [0.25, 0.3) is 12.4 Å². The third kappa shape index (κ3) is 6.91. The quantitative estimate of drug-likeness (QED) is 0.410. The Morgan fingerprint density at radius 3 is 2.02 bits per heavy atom. The van der Waals surface area contributed by atoms with Crippen molar-refractivity contribution in [2.45, 2.75) is 43.1 Å². The summed E-state index contributed by atoms with van der Waals surface area (Å²) in [6, 6.07) is 12.7. The maximum atomic E-state index is 13.2. The average molecular weight is 575 g/mol. The van der Waals surface area contributed by atoms with Gasteiger partial charge in [-0.2, -0.15) is 13.2 Å². The van der Waals surface area contributed by atoms with Crippen LogP contribution in [-0.4, -0.2) is 79.1 Å². The molecule has 3 N–H and O–H groups in total. The van der Waals surface area contributed by atoms with Crippen molar-refractivity contribution < 1.29 is 32.7 Å². The number of benzene rings is 2. The minimum atomic E-state index is -4.61. The smallest absolute Gasteiger partial charge is 0.442 e. The van der Waals surface area contributed by atoms with Gasteiger partial charge in [0.2, 0.25) is 5.91 Å². The Labute approximate surface area is 235 Å². The number of alkyl halides is 3. The van der Waals surface area contributed by atoms with E-state index in [1.807, 2.05) is 24.3 Å². The summed E-state index contributed by atoms with van der Waals surface area (Å²) in [5.74, 6) is -0.394. The van der Waals surface area contributed by atoms with Crippen molar-refractivity contribution in [1.29, 1.82) is 0 Å². The predicted molar refractivity (Wildman–Crippen MR) is 144 cm³/mol. The van der Waals surface area contributed by atoms with E-state index in [9.17, 15) is 22.8 Å². The molecule has 0 radical (unpaired) electrons. The first-order chi connectivity index (χ1) is 19.5. The SMILES string of the molecule is CN1CCN(CCC(=O)Nc2ccc(C3(NC(=O)c4ccc(C5(C(F)(F)F)N=N5)cc4)CCC3)cc2)CC1.O=CO. The van der Waals surface area contributed by atoms with Crippen molar-refractivity contribution in [3.63, 3.8) is 0 Å². The second-order valence-corrected chi connectivity index (χ2v) is 10.5. The number of anilines is 1. The molecule has 1 aliphatic carbocycles. The number of amides is 2. The Morgan fingerprint density at radius 1 is 0.976 bits per heavy atom. The van der Waals surface area contributed by atoms with Crippen molar-refractivity contribution in [1.82, 2.24) is 15.1 Å².